The Hall–Kier alpha value is -1.80. The average molecular weight is 350 g/mol. The second-order valence-electron chi connectivity index (χ2n) is 4.44. The summed E-state index contributed by atoms with van der Waals surface area (Å²) in [7, 11) is -3.66. The van der Waals surface area contributed by atoms with Gasteiger partial charge in [0, 0.05) is 13.0 Å². The molecule has 0 bridgehead atoms. The Morgan fingerprint density at radius 2 is 1.91 bits per heavy atom. The minimum Gasteiger partial charge on any atom is -0.481 e. The van der Waals surface area contributed by atoms with E-state index in [9.17, 15) is 18.0 Å². The molecule has 0 aliphatic rings. The molecule has 1 aromatic carbocycles. The number of nitrogens with zero attached hydrogens (tertiary/aromatic N) is 1. The van der Waals surface area contributed by atoms with Crippen molar-refractivity contribution in [3.63, 3.8) is 0 Å². The number of sulfonamides is 1. The highest BCUT2D eigenvalue weighted by Gasteiger charge is 2.22. The van der Waals surface area contributed by atoms with Crippen LogP contribution in [0.15, 0.2) is 18.2 Å². The van der Waals surface area contributed by atoms with Crippen LogP contribution in [-0.4, -0.2) is 42.9 Å². The Bertz CT molecular complexity index is 673. The normalized spacial score (nSPS) is 11.2. The highest BCUT2D eigenvalue weighted by Crippen LogP contribution is 2.26. The SMILES string of the molecule is CCS(=O)(=O)N(CCCC(=O)O)c1ccc(Cl)c(C(=O)O)c1. The average Bonchev–Trinajstić information content (AvgIpc) is 2.43. The fourth-order valence-electron chi connectivity index (χ4n) is 1.79. The number of halogens is 1. The number of carboxylic acids is 2. The first-order valence-electron chi connectivity index (χ1n) is 6.44. The van der Waals surface area contributed by atoms with Gasteiger partial charge >= 0.3 is 11.9 Å². The number of rotatable bonds is 8. The van der Waals surface area contributed by atoms with Crippen LogP contribution in [0.25, 0.3) is 0 Å². The van der Waals surface area contributed by atoms with E-state index in [0.29, 0.717) is 0 Å². The first kappa shape index (κ1) is 18.2. The Labute approximate surface area is 133 Å². The summed E-state index contributed by atoms with van der Waals surface area (Å²) >= 11 is 5.76. The summed E-state index contributed by atoms with van der Waals surface area (Å²) in [5.74, 6) is -2.49. The molecule has 7 nitrogen and oxygen atoms in total. The summed E-state index contributed by atoms with van der Waals surface area (Å²) in [4.78, 5) is 21.7. The molecule has 2 N–H and O–H groups in total. The van der Waals surface area contributed by atoms with Gasteiger partial charge in [-0.1, -0.05) is 11.6 Å². The molecule has 0 spiro atoms. The number of carboxylic acid groups (broad SMARTS) is 2. The maximum Gasteiger partial charge on any atom is 0.337 e. The Kier molecular flexibility index (Phi) is 6.19. The number of hydrogen-bond donors (Lipinski definition) is 2. The second kappa shape index (κ2) is 7.46. The number of aliphatic carboxylic acids is 1. The van der Waals surface area contributed by atoms with Crippen LogP contribution in [0.1, 0.15) is 30.1 Å². The van der Waals surface area contributed by atoms with Gasteiger partial charge in [0.05, 0.1) is 22.0 Å². The summed E-state index contributed by atoms with van der Waals surface area (Å²) in [6.07, 6.45) is -0.0747. The molecule has 0 saturated carbocycles. The van der Waals surface area contributed by atoms with Crippen molar-refractivity contribution < 1.29 is 28.2 Å². The molecule has 1 rings (SSSR count). The van der Waals surface area contributed by atoms with E-state index in [1.54, 1.807) is 0 Å². The summed E-state index contributed by atoms with van der Waals surface area (Å²) < 4.78 is 25.3. The Morgan fingerprint density at radius 3 is 2.41 bits per heavy atom. The number of aromatic carboxylic acids is 1. The molecule has 0 aromatic heterocycles. The minimum atomic E-state index is -3.66. The van der Waals surface area contributed by atoms with Crippen molar-refractivity contribution in [3.05, 3.63) is 28.8 Å². The number of anilines is 1. The zero-order valence-electron chi connectivity index (χ0n) is 11.8. The lowest BCUT2D eigenvalue weighted by Gasteiger charge is -2.24. The summed E-state index contributed by atoms with van der Waals surface area (Å²) in [5.41, 5.74) is -0.0669. The zero-order valence-corrected chi connectivity index (χ0v) is 13.4. The molecule has 0 radical (unpaired) electrons. The van der Waals surface area contributed by atoms with E-state index < -0.39 is 22.0 Å². The molecular formula is C13H16ClNO6S. The van der Waals surface area contributed by atoms with Crippen LogP contribution in [0.5, 0.6) is 0 Å². The van der Waals surface area contributed by atoms with Crippen molar-refractivity contribution in [1.29, 1.82) is 0 Å². The minimum absolute atomic E-state index is 0.00404. The fraction of sp³-hybridized carbons (Fsp3) is 0.385. The smallest absolute Gasteiger partial charge is 0.337 e. The maximum atomic E-state index is 12.1. The van der Waals surface area contributed by atoms with Crippen LogP contribution >= 0.6 is 11.6 Å². The lowest BCUT2D eigenvalue weighted by atomic mass is 10.2. The monoisotopic (exact) mass is 349 g/mol. The quantitative estimate of drug-likeness (QED) is 0.742. The van der Waals surface area contributed by atoms with Crippen LogP contribution in [0.4, 0.5) is 5.69 Å². The van der Waals surface area contributed by atoms with E-state index in [2.05, 4.69) is 0 Å². The van der Waals surface area contributed by atoms with Gasteiger partial charge in [0.25, 0.3) is 0 Å². The highest BCUT2D eigenvalue weighted by molar-refractivity contribution is 7.92. The number of carbonyl (C=O) groups is 2. The van der Waals surface area contributed by atoms with Crippen molar-refractivity contribution in [2.24, 2.45) is 0 Å². The predicted molar refractivity (Wildman–Crippen MR) is 82.1 cm³/mol. The maximum absolute atomic E-state index is 12.1. The molecule has 1 aromatic rings. The molecule has 9 heteroatoms. The van der Waals surface area contributed by atoms with Crippen LogP contribution in [0, 0.1) is 0 Å². The van der Waals surface area contributed by atoms with Gasteiger partial charge in [-0.15, -0.1) is 0 Å². The number of benzene rings is 1. The van der Waals surface area contributed by atoms with Crippen LogP contribution in [-0.2, 0) is 14.8 Å². The molecule has 0 aliphatic heterocycles. The predicted octanol–water partition coefficient (Wildman–Crippen LogP) is 2.06. The van der Waals surface area contributed by atoms with Gasteiger partial charge in [-0.05, 0) is 31.5 Å². The summed E-state index contributed by atoms with van der Waals surface area (Å²) in [5, 5.41) is 17.7. The van der Waals surface area contributed by atoms with Gasteiger partial charge in [0.15, 0.2) is 0 Å². The molecule has 0 fully saturated rings. The Balaban J connectivity index is 3.19. The molecule has 0 heterocycles. The highest BCUT2D eigenvalue weighted by atomic mass is 35.5. The van der Waals surface area contributed by atoms with Gasteiger partial charge in [-0.3, -0.25) is 9.10 Å². The van der Waals surface area contributed by atoms with E-state index >= 15 is 0 Å². The molecule has 0 aliphatic carbocycles. The third-order valence-electron chi connectivity index (χ3n) is 2.92. The molecule has 0 saturated heterocycles. The van der Waals surface area contributed by atoms with E-state index in [0.717, 1.165) is 4.31 Å². The van der Waals surface area contributed by atoms with Gasteiger partial charge in [0.1, 0.15) is 0 Å². The molecule has 22 heavy (non-hydrogen) atoms. The van der Waals surface area contributed by atoms with Crippen molar-refractivity contribution in [2.75, 3.05) is 16.6 Å². The largest absolute Gasteiger partial charge is 0.481 e. The van der Waals surface area contributed by atoms with Crippen molar-refractivity contribution in [3.8, 4) is 0 Å². The topological polar surface area (TPSA) is 112 Å². The van der Waals surface area contributed by atoms with Crippen LogP contribution in [0.2, 0.25) is 5.02 Å². The van der Waals surface area contributed by atoms with E-state index in [1.165, 1.54) is 25.1 Å². The van der Waals surface area contributed by atoms with Gasteiger partial charge in [-0.25, -0.2) is 13.2 Å². The third kappa shape index (κ3) is 4.60. The molecule has 0 atom stereocenters. The summed E-state index contributed by atoms with van der Waals surface area (Å²) in [6, 6.07) is 3.86. The van der Waals surface area contributed by atoms with Crippen molar-refractivity contribution >= 4 is 39.3 Å². The first-order chi connectivity index (χ1) is 10.2. The van der Waals surface area contributed by atoms with Gasteiger partial charge in [0.2, 0.25) is 10.0 Å². The van der Waals surface area contributed by atoms with E-state index in [4.69, 9.17) is 21.8 Å². The molecule has 0 amide bonds. The van der Waals surface area contributed by atoms with Gasteiger partial charge in [-0.2, -0.15) is 0 Å². The lowest BCUT2D eigenvalue weighted by Crippen LogP contribution is -2.33. The van der Waals surface area contributed by atoms with Gasteiger partial charge < -0.3 is 10.2 Å². The fourth-order valence-corrected chi connectivity index (χ4v) is 3.14. The lowest BCUT2D eigenvalue weighted by molar-refractivity contribution is -0.137. The molecular weight excluding hydrogens is 334 g/mol. The zero-order chi connectivity index (χ0) is 16.9. The molecule has 122 valence electrons. The van der Waals surface area contributed by atoms with E-state index in [-0.39, 0.29) is 41.4 Å². The van der Waals surface area contributed by atoms with Crippen molar-refractivity contribution in [1.82, 2.24) is 0 Å². The third-order valence-corrected chi connectivity index (χ3v) is 5.04. The van der Waals surface area contributed by atoms with Crippen LogP contribution in [0.3, 0.4) is 0 Å². The van der Waals surface area contributed by atoms with E-state index in [1.807, 2.05) is 0 Å². The van der Waals surface area contributed by atoms with Crippen LogP contribution < -0.4 is 4.31 Å². The molecule has 0 unspecified atom stereocenters. The second-order valence-corrected chi connectivity index (χ2v) is 7.03. The number of hydrogen-bond acceptors (Lipinski definition) is 4. The Morgan fingerprint density at radius 1 is 1.27 bits per heavy atom. The van der Waals surface area contributed by atoms with Crippen molar-refractivity contribution in [2.45, 2.75) is 19.8 Å². The standard InChI is InChI=1S/C13H16ClNO6S/c1-2-22(20,21)15(7-3-4-12(16)17)9-5-6-11(14)10(8-9)13(18)19/h5-6,8H,2-4,7H2,1H3,(H,16,17)(H,18,19). The summed E-state index contributed by atoms with van der Waals surface area (Å²) in [6.45, 7) is 1.40. The first-order valence-corrected chi connectivity index (χ1v) is 8.42.